The van der Waals surface area contributed by atoms with Crippen molar-refractivity contribution in [2.75, 3.05) is 0 Å². The molecule has 1 aliphatic carbocycles. The van der Waals surface area contributed by atoms with E-state index in [0.29, 0.717) is 17.3 Å². The van der Waals surface area contributed by atoms with E-state index in [1.807, 2.05) is 6.20 Å². The largest absolute Gasteiger partial charge is 0.346 e. The lowest BCUT2D eigenvalue weighted by Crippen LogP contribution is -2.13. The van der Waals surface area contributed by atoms with Crippen LogP contribution in [0.2, 0.25) is 0 Å². The summed E-state index contributed by atoms with van der Waals surface area (Å²) >= 11 is 0. The lowest BCUT2D eigenvalue weighted by atomic mass is 9.85. The second-order valence-electron chi connectivity index (χ2n) is 9.12. The van der Waals surface area contributed by atoms with Gasteiger partial charge < -0.3 is 4.98 Å². The van der Waals surface area contributed by atoms with Gasteiger partial charge in [-0.2, -0.15) is 0 Å². The van der Waals surface area contributed by atoms with E-state index < -0.39 is 0 Å². The molecule has 0 bridgehead atoms. The number of aromatic nitrogens is 3. The summed E-state index contributed by atoms with van der Waals surface area (Å²) in [6.07, 6.45) is 9.09. The van der Waals surface area contributed by atoms with Gasteiger partial charge in [-0.3, -0.25) is 4.98 Å². The Bertz CT molecular complexity index is 941. The summed E-state index contributed by atoms with van der Waals surface area (Å²) in [6.45, 7) is 6.86. The van der Waals surface area contributed by atoms with E-state index in [-0.39, 0.29) is 5.82 Å². The zero-order valence-corrected chi connectivity index (χ0v) is 17.6. The highest BCUT2D eigenvalue weighted by Crippen LogP contribution is 2.45. The molecule has 1 saturated carbocycles. The third kappa shape index (κ3) is 4.42. The molecule has 3 aromatic rings. The van der Waals surface area contributed by atoms with Crippen LogP contribution < -0.4 is 0 Å². The van der Waals surface area contributed by atoms with Crippen molar-refractivity contribution in [2.24, 2.45) is 5.41 Å². The molecule has 1 aromatic carbocycles. The second kappa shape index (κ2) is 8.10. The number of benzene rings is 1. The molecule has 2 atom stereocenters. The second-order valence-corrected chi connectivity index (χ2v) is 9.12. The van der Waals surface area contributed by atoms with Crippen molar-refractivity contribution in [1.29, 1.82) is 0 Å². The first-order chi connectivity index (χ1) is 13.9. The van der Waals surface area contributed by atoms with Crippen LogP contribution in [0.25, 0.3) is 11.3 Å². The molecule has 2 heterocycles. The zero-order chi connectivity index (χ0) is 20.4. The lowest BCUT2D eigenvalue weighted by Gasteiger charge is -2.21. The Balaban J connectivity index is 1.51. The number of hydrogen-bond donors (Lipinski definition) is 1. The van der Waals surface area contributed by atoms with Gasteiger partial charge >= 0.3 is 0 Å². The van der Waals surface area contributed by atoms with E-state index in [0.717, 1.165) is 29.9 Å². The van der Waals surface area contributed by atoms with Gasteiger partial charge in [0.1, 0.15) is 11.6 Å². The molecule has 1 N–H and O–H groups in total. The molecule has 2 aromatic heterocycles. The van der Waals surface area contributed by atoms with E-state index in [1.165, 1.54) is 42.8 Å². The number of H-pyrrole nitrogens is 1. The van der Waals surface area contributed by atoms with Gasteiger partial charge in [-0.25, -0.2) is 9.37 Å². The summed E-state index contributed by atoms with van der Waals surface area (Å²) in [4.78, 5) is 12.6. The Morgan fingerprint density at radius 3 is 2.45 bits per heavy atom. The normalized spacial score (nSPS) is 19.6. The fraction of sp³-hybridized carbons (Fsp3) is 0.440. The minimum atomic E-state index is -0.306. The highest BCUT2D eigenvalue weighted by Gasteiger charge is 2.32. The maximum Gasteiger partial charge on any atom is 0.141 e. The van der Waals surface area contributed by atoms with Gasteiger partial charge in [0, 0.05) is 23.4 Å². The van der Waals surface area contributed by atoms with Crippen molar-refractivity contribution in [3.8, 4) is 11.3 Å². The molecule has 0 amide bonds. The van der Waals surface area contributed by atoms with E-state index in [2.05, 4.69) is 55.0 Å². The molecule has 1 aliphatic rings. The molecule has 3 nitrogen and oxygen atoms in total. The quantitative estimate of drug-likeness (QED) is 0.512. The molecule has 0 unspecified atom stereocenters. The van der Waals surface area contributed by atoms with Gasteiger partial charge in [0.15, 0.2) is 0 Å². The lowest BCUT2D eigenvalue weighted by molar-refractivity contribution is 0.345. The molecule has 0 saturated heterocycles. The highest BCUT2D eigenvalue weighted by molar-refractivity contribution is 5.59. The SMILES string of the molecule is CCC(C)(C)Cc1cnc([C@@H]2CCC[C@@H]2c2ccc(-c3ccc(F)cn3)cc2)[nH]1. The Kier molecular flexibility index (Phi) is 5.53. The van der Waals surface area contributed by atoms with Gasteiger partial charge in [-0.1, -0.05) is 57.9 Å². The molecule has 1 fully saturated rings. The predicted molar refractivity (Wildman–Crippen MR) is 115 cm³/mol. The monoisotopic (exact) mass is 391 g/mol. The average molecular weight is 392 g/mol. The van der Waals surface area contributed by atoms with Crippen LogP contribution in [0.5, 0.6) is 0 Å². The molecule has 0 aliphatic heterocycles. The standard InChI is InChI=1S/C25H30FN3/c1-4-25(2,3)14-20-16-28-24(29-20)22-7-5-6-21(22)17-8-10-18(11-9-17)23-13-12-19(26)15-27-23/h8-13,15-16,21-22H,4-7,14H2,1-3H3,(H,28,29)/t21-,22-/m1/s1. The summed E-state index contributed by atoms with van der Waals surface area (Å²) in [5.74, 6) is 1.77. The molecule has 0 radical (unpaired) electrons. The third-order valence-corrected chi connectivity index (χ3v) is 6.50. The van der Waals surface area contributed by atoms with Crippen LogP contribution in [0, 0.1) is 11.2 Å². The number of rotatable bonds is 6. The number of imidazole rings is 1. The van der Waals surface area contributed by atoms with Crippen LogP contribution >= 0.6 is 0 Å². The maximum atomic E-state index is 13.1. The molecule has 0 spiro atoms. The zero-order valence-electron chi connectivity index (χ0n) is 17.6. The molecular weight excluding hydrogens is 361 g/mol. The van der Waals surface area contributed by atoms with Crippen molar-refractivity contribution in [3.63, 3.8) is 0 Å². The number of nitrogens with one attached hydrogen (secondary N) is 1. The third-order valence-electron chi connectivity index (χ3n) is 6.50. The van der Waals surface area contributed by atoms with Gasteiger partial charge in [-0.05, 0) is 48.3 Å². The van der Waals surface area contributed by atoms with E-state index >= 15 is 0 Å². The van der Waals surface area contributed by atoms with Crippen LogP contribution in [0.4, 0.5) is 4.39 Å². The summed E-state index contributed by atoms with van der Waals surface area (Å²) in [6, 6.07) is 11.8. The number of aromatic amines is 1. The molecular formula is C25H30FN3. The Hall–Kier alpha value is -2.49. The fourth-order valence-electron chi connectivity index (χ4n) is 4.43. The van der Waals surface area contributed by atoms with E-state index in [4.69, 9.17) is 4.98 Å². The van der Waals surface area contributed by atoms with Crippen LogP contribution in [-0.2, 0) is 6.42 Å². The molecule has 152 valence electrons. The van der Waals surface area contributed by atoms with Crippen LogP contribution in [0.1, 0.15) is 75.4 Å². The fourth-order valence-corrected chi connectivity index (χ4v) is 4.43. The van der Waals surface area contributed by atoms with Gasteiger partial charge in [-0.15, -0.1) is 0 Å². The van der Waals surface area contributed by atoms with Crippen LogP contribution in [0.3, 0.4) is 0 Å². The van der Waals surface area contributed by atoms with Gasteiger partial charge in [0.05, 0.1) is 11.9 Å². The van der Waals surface area contributed by atoms with E-state index in [1.54, 1.807) is 6.07 Å². The smallest absolute Gasteiger partial charge is 0.141 e. The molecule has 29 heavy (non-hydrogen) atoms. The summed E-state index contributed by atoms with van der Waals surface area (Å²) in [5.41, 5.74) is 4.71. The first-order valence-electron chi connectivity index (χ1n) is 10.7. The number of hydrogen-bond acceptors (Lipinski definition) is 2. The Morgan fingerprint density at radius 1 is 1.00 bits per heavy atom. The predicted octanol–water partition coefficient (Wildman–Crippen LogP) is 6.64. The van der Waals surface area contributed by atoms with E-state index in [9.17, 15) is 4.39 Å². The Labute approximate surface area is 172 Å². The summed E-state index contributed by atoms with van der Waals surface area (Å²) in [7, 11) is 0. The topological polar surface area (TPSA) is 41.6 Å². The minimum absolute atomic E-state index is 0.295. The number of pyridine rings is 1. The minimum Gasteiger partial charge on any atom is -0.346 e. The number of halogens is 1. The Morgan fingerprint density at radius 2 is 1.76 bits per heavy atom. The van der Waals surface area contributed by atoms with Crippen LogP contribution in [0.15, 0.2) is 48.8 Å². The first kappa shape index (κ1) is 19.8. The van der Waals surface area contributed by atoms with Gasteiger partial charge in [0.2, 0.25) is 0 Å². The molecule has 4 rings (SSSR count). The first-order valence-corrected chi connectivity index (χ1v) is 10.7. The summed E-state index contributed by atoms with van der Waals surface area (Å²) in [5, 5.41) is 0. The van der Waals surface area contributed by atoms with Crippen molar-refractivity contribution in [2.45, 2.75) is 64.7 Å². The van der Waals surface area contributed by atoms with Crippen LogP contribution in [-0.4, -0.2) is 15.0 Å². The van der Waals surface area contributed by atoms with Crippen molar-refractivity contribution >= 4 is 0 Å². The van der Waals surface area contributed by atoms with Crippen molar-refractivity contribution in [3.05, 3.63) is 71.7 Å². The maximum absolute atomic E-state index is 13.1. The van der Waals surface area contributed by atoms with Gasteiger partial charge in [0.25, 0.3) is 0 Å². The molecule has 4 heteroatoms. The van der Waals surface area contributed by atoms with Crippen molar-refractivity contribution in [1.82, 2.24) is 15.0 Å². The summed E-state index contributed by atoms with van der Waals surface area (Å²) < 4.78 is 13.1. The number of nitrogens with zero attached hydrogens (tertiary/aromatic N) is 2. The average Bonchev–Trinajstić information content (AvgIpc) is 3.38. The highest BCUT2D eigenvalue weighted by atomic mass is 19.1. The van der Waals surface area contributed by atoms with Crippen molar-refractivity contribution < 1.29 is 4.39 Å².